The number of ketones is 1. The number of rotatable bonds is 8. The van der Waals surface area contributed by atoms with E-state index in [0.717, 1.165) is 6.54 Å². The van der Waals surface area contributed by atoms with Crippen LogP contribution in [0.3, 0.4) is 0 Å². The summed E-state index contributed by atoms with van der Waals surface area (Å²) in [4.78, 5) is 14.2. The number of hydrogen-bond acceptors (Lipinski definition) is 3. The second-order valence-corrected chi connectivity index (χ2v) is 6.01. The smallest absolute Gasteiger partial charge is 0.189 e. The van der Waals surface area contributed by atoms with Crippen LogP contribution < -0.4 is 4.74 Å². The first-order chi connectivity index (χ1) is 9.85. The lowest BCUT2D eigenvalue weighted by atomic mass is 10.0. The first-order valence-corrected chi connectivity index (χ1v) is 7.52. The van der Waals surface area contributed by atoms with Crippen LogP contribution in [0.15, 0.2) is 30.4 Å². The number of allylic oxidation sites excluding steroid dienone is 1. The zero-order valence-electron chi connectivity index (χ0n) is 13.3. The van der Waals surface area contributed by atoms with Crippen LogP contribution in [0.1, 0.15) is 30.6 Å². The van der Waals surface area contributed by atoms with E-state index in [1.54, 1.807) is 18.2 Å². The van der Waals surface area contributed by atoms with E-state index in [4.69, 9.17) is 16.3 Å². The number of nitrogens with zero attached hydrogens (tertiary/aromatic N) is 1. The van der Waals surface area contributed by atoms with Gasteiger partial charge in [-0.1, -0.05) is 32.0 Å². The molecule has 1 unspecified atom stereocenters. The van der Waals surface area contributed by atoms with Crippen molar-refractivity contribution < 1.29 is 9.53 Å². The molecule has 0 aliphatic rings. The summed E-state index contributed by atoms with van der Waals surface area (Å²) >= 11 is 6.17. The molecular weight excluding hydrogens is 286 g/mol. The topological polar surface area (TPSA) is 29.5 Å². The number of carbonyl (C=O) groups is 1. The summed E-state index contributed by atoms with van der Waals surface area (Å²) in [5, 5.41) is 0.410. The molecule has 0 radical (unpaired) electrons. The van der Waals surface area contributed by atoms with Crippen LogP contribution in [-0.4, -0.2) is 37.9 Å². The summed E-state index contributed by atoms with van der Waals surface area (Å²) < 4.78 is 5.73. The first kappa shape index (κ1) is 17.7. The van der Waals surface area contributed by atoms with E-state index in [0.29, 0.717) is 40.9 Å². The van der Waals surface area contributed by atoms with Gasteiger partial charge in [0, 0.05) is 18.0 Å². The van der Waals surface area contributed by atoms with Gasteiger partial charge in [-0.2, -0.15) is 0 Å². The zero-order valence-corrected chi connectivity index (χ0v) is 14.0. The minimum Gasteiger partial charge on any atom is -0.493 e. The summed E-state index contributed by atoms with van der Waals surface area (Å²) in [5.74, 6) is 0.999. The molecule has 0 amide bonds. The molecule has 0 bridgehead atoms. The maximum Gasteiger partial charge on any atom is 0.189 e. The minimum absolute atomic E-state index is 0.102. The number of ether oxygens (including phenoxy) is 1. The molecule has 116 valence electrons. The molecule has 0 heterocycles. The zero-order chi connectivity index (χ0) is 16.0. The standard InChI is InChI=1S/C17H24ClNO2/c1-6-13(3)17(20)15-8-7-14(9-16(15)18)21-11-12(2)10-19(4)5/h7-9,12H,3,6,10-11H2,1-2,4-5H3. The molecule has 0 aliphatic carbocycles. The Bertz CT molecular complexity index is 512. The molecule has 0 aliphatic heterocycles. The summed E-state index contributed by atoms with van der Waals surface area (Å²) in [6, 6.07) is 5.18. The fourth-order valence-corrected chi connectivity index (χ4v) is 2.29. The van der Waals surface area contributed by atoms with Gasteiger partial charge in [0.2, 0.25) is 0 Å². The molecule has 1 aromatic carbocycles. The Hall–Kier alpha value is -1.32. The van der Waals surface area contributed by atoms with Crippen LogP contribution in [-0.2, 0) is 0 Å². The number of hydrogen-bond donors (Lipinski definition) is 0. The second kappa shape index (κ2) is 8.20. The largest absolute Gasteiger partial charge is 0.493 e. The van der Waals surface area contributed by atoms with Crippen molar-refractivity contribution in [3.63, 3.8) is 0 Å². The van der Waals surface area contributed by atoms with Crippen molar-refractivity contribution >= 4 is 17.4 Å². The molecule has 0 aromatic heterocycles. The van der Waals surface area contributed by atoms with Crippen molar-refractivity contribution in [3.05, 3.63) is 40.9 Å². The molecule has 1 rings (SSSR count). The van der Waals surface area contributed by atoms with E-state index < -0.39 is 0 Å². The van der Waals surface area contributed by atoms with E-state index in [1.165, 1.54) is 0 Å². The fraction of sp³-hybridized carbons (Fsp3) is 0.471. The lowest BCUT2D eigenvalue weighted by Gasteiger charge is -2.17. The molecule has 0 spiro atoms. The Morgan fingerprint density at radius 2 is 2.10 bits per heavy atom. The first-order valence-electron chi connectivity index (χ1n) is 7.14. The molecular formula is C17H24ClNO2. The predicted octanol–water partition coefficient (Wildman–Crippen LogP) is 4.07. The average molecular weight is 310 g/mol. The molecule has 21 heavy (non-hydrogen) atoms. The van der Waals surface area contributed by atoms with Gasteiger partial charge in [-0.05, 0) is 44.3 Å². The highest BCUT2D eigenvalue weighted by molar-refractivity contribution is 6.35. The quantitative estimate of drug-likeness (QED) is 0.535. The minimum atomic E-state index is -0.102. The lowest BCUT2D eigenvalue weighted by molar-refractivity contribution is 0.103. The molecule has 0 saturated carbocycles. The van der Waals surface area contributed by atoms with Crippen molar-refractivity contribution in [1.29, 1.82) is 0 Å². The average Bonchev–Trinajstić information content (AvgIpc) is 2.43. The van der Waals surface area contributed by atoms with Gasteiger partial charge >= 0.3 is 0 Å². The third-order valence-electron chi connectivity index (χ3n) is 3.14. The van der Waals surface area contributed by atoms with Crippen molar-refractivity contribution in [2.45, 2.75) is 20.3 Å². The van der Waals surface area contributed by atoms with E-state index >= 15 is 0 Å². The normalized spacial score (nSPS) is 12.3. The van der Waals surface area contributed by atoms with Gasteiger partial charge in [-0.3, -0.25) is 4.79 Å². The summed E-state index contributed by atoms with van der Waals surface area (Å²) in [6.45, 7) is 9.36. The third-order valence-corrected chi connectivity index (χ3v) is 3.46. The van der Waals surface area contributed by atoms with Crippen LogP contribution in [0.25, 0.3) is 0 Å². The fourth-order valence-electron chi connectivity index (χ4n) is 2.04. The molecule has 0 saturated heterocycles. The Balaban J connectivity index is 2.70. The molecule has 1 atom stereocenters. The third kappa shape index (κ3) is 5.52. The highest BCUT2D eigenvalue weighted by Gasteiger charge is 2.14. The summed E-state index contributed by atoms with van der Waals surface area (Å²) in [7, 11) is 4.07. The highest BCUT2D eigenvalue weighted by atomic mass is 35.5. The Kier molecular flexibility index (Phi) is 6.93. The summed E-state index contributed by atoms with van der Waals surface area (Å²) in [6.07, 6.45) is 0.620. The maximum atomic E-state index is 12.1. The number of halogens is 1. The molecule has 1 aromatic rings. The van der Waals surface area contributed by atoms with Gasteiger partial charge in [0.15, 0.2) is 5.78 Å². The number of carbonyl (C=O) groups excluding carboxylic acids is 1. The van der Waals surface area contributed by atoms with E-state index in [-0.39, 0.29) is 5.78 Å². The number of Topliss-reactive ketones (excluding diaryl/α,β-unsaturated/α-hetero) is 1. The van der Waals surface area contributed by atoms with Crippen molar-refractivity contribution in [3.8, 4) is 5.75 Å². The Labute approximate surface area is 132 Å². The predicted molar refractivity (Wildman–Crippen MR) is 88.4 cm³/mol. The van der Waals surface area contributed by atoms with Gasteiger partial charge in [0.05, 0.1) is 11.6 Å². The monoisotopic (exact) mass is 309 g/mol. The Morgan fingerprint density at radius 3 is 2.62 bits per heavy atom. The van der Waals surface area contributed by atoms with Crippen LogP contribution in [0.4, 0.5) is 0 Å². The molecule has 0 fully saturated rings. The summed E-state index contributed by atoms with van der Waals surface area (Å²) in [5.41, 5.74) is 1.04. The lowest BCUT2D eigenvalue weighted by Crippen LogP contribution is -2.24. The van der Waals surface area contributed by atoms with Crippen LogP contribution >= 0.6 is 11.6 Å². The van der Waals surface area contributed by atoms with Gasteiger partial charge in [0.25, 0.3) is 0 Å². The van der Waals surface area contributed by atoms with Gasteiger partial charge in [0.1, 0.15) is 5.75 Å². The van der Waals surface area contributed by atoms with E-state index in [1.807, 2.05) is 21.0 Å². The van der Waals surface area contributed by atoms with E-state index in [2.05, 4.69) is 18.4 Å². The Morgan fingerprint density at radius 1 is 1.43 bits per heavy atom. The molecule has 3 nitrogen and oxygen atoms in total. The van der Waals surface area contributed by atoms with Crippen molar-refractivity contribution in [2.24, 2.45) is 5.92 Å². The maximum absolute atomic E-state index is 12.1. The molecule has 0 N–H and O–H groups in total. The second-order valence-electron chi connectivity index (χ2n) is 5.61. The molecule has 4 heteroatoms. The van der Waals surface area contributed by atoms with Gasteiger partial charge in [-0.15, -0.1) is 0 Å². The highest BCUT2D eigenvalue weighted by Crippen LogP contribution is 2.25. The van der Waals surface area contributed by atoms with E-state index in [9.17, 15) is 4.79 Å². The van der Waals surface area contributed by atoms with Crippen molar-refractivity contribution in [1.82, 2.24) is 4.90 Å². The van der Waals surface area contributed by atoms with Crippen LogP contribution in [0.5, 0.6) is 5.75 Å². The SMILES string of the molecule is C=C(CC)C(=O)c1ccc(OCC(C)CN(C)C)cc1Cl. The van der Waals surface area contributed by atoms with Crippen LogP contribution in [0, 0.1) is 5.92 Å². The van der Waals surface area contributed by atoms with Gasteiger partial charge in [-0.25, -0.2) is 0 Å². The van der Waals surface area contributed by atoms with Gasteiger partial charge < -0.3 is 9.64 Å². The van der Waals surface area contributed by atoms with Crippen LogP contribution in [0.2, 0.25) is 5.02 Å². The number of benzene rings is 1. The van der Waals surface area contributed by atoms with Crippen molar-refractivity contribution in [2.75, 3.05) is 27.2 Å².